The van der Waals surface area contributed by atoms with Crippen LogP contribution in [0.5, 0.6) is 5.75 Å². The van der Waals surface area contributed by atoms with Gasteiger partial charge >= 0.3 is 0 Å². The van der Waals surface area contributed by atoms with Crippen LogP contribution in [-0.4, -0.2) is 29.6 Å². The third-order valence-corrected chi connectivity index (χ3v) is 4.08. The van der Waals surface area contributed by atoms with Gasteiger partial charge in [0.25, 0.3) is 0 Å². The number of hydrogen-bond acceptors (Lipinski definition) is 2. The van der Waals surface area contributed by atoms with E-state index in [1.165, 1.54) is 18.4 Å². The summed E-state index contributed by atoms with van der Waals surface area (Å²) in [5, 5.41) is 9.76. The zero-order valence-corrected chi connectivity index (χ0v) is 12.1. The molecule has 1 aliphatic rings. The second kappa shape index (κ2) is 5.79. The van der Waals surface area contributed by atoms with Crippen LogP contribution in [0.2, 0.25) is 0 Å². The Balaban J connectivity index is 2.28. The molecule has 1 N–H and O–H groups in total. The van der Waals surface area contributed by atoms with Gasteiger partial charge in [-0.2, -0.15) is 0 Å². The summed E-state index contributed by atoms with van der Waals surface area (Å²) >= 11 is 0. The molecule has 1 aromatic rings. The first-order valence-corrected chi connectivity index (χ1v) is 7.18. The van der Waals surface area contributed by atoms with Crippen molar-refractivity contribution in [3.05, 3.63) is 42.5 Å². The van der Waals surface area contributed by atoms with Crippen LogP contribution in [0.25, 0.3) is 0 Å². The molecule has 0 aliphatic carbocycles. The van der Waals surface area contributed by atoms with Crippen molar-refractivity contribution in [1.29, 1.82) is 0 Å². The lowest BCUT2D eigenvalue weighted by molar-refractivity contribution is 0.305. The first-order valence-electron chi connectivity index (χ1n) is 7.18. The fourth-order valence-electron chi connectivity index (χ4n) is 3.43. The molecule has 2 heteroatoms. The molecule has 104 valence electrons. The second-order valence-corrected chi connectivity index (χ2v) is 6.20. The molecule has 1 aliphatic heterocycles. The number of nitrogens with zero attached hydrogens (tertiary/aromatic N) is 1. The lowest BCUT2D eigenvalue weighted by atomic mass is 9.73. The van der Waals surface area contributed by atoms with Gasteiger partial charge in [0, 0.05) is 18.5 Å². The van der Waals surface area contributed by atoms with Gasteiger partial charge in [-0.05, 0) is 43.0 Å². The minimum atomic E-state index is 0.190. The van der Waals surface area contributed by atoms with Gasteiger partial charge in [-0.3, -0.25) is 4.90 Å². The van der Waals surface area contributed by atoms with E-state index in [1.807, 2.05) is 18.2 Å². The molecular formula is C17H25NO. The predicted molar refractivity (Wildman–Crippen MR) is 80.5 cm³/mol. The maximum Gasteiger partial charge on any atom is 0.115 e. The lowest BCUT2D eigenvalue weighted by Crippen LogP contribution is -2.32. The lowest BCUT2D eigenvalue weighted by Gasteiger charge is -2.32. The van der Waals surface area contributed by atoms with E-state index in [9.17, 15) is 5.11 Å². The van der Waals surface area contributed by atoms with Crippen LogP contribution < -0.4 is 0 Å². The van der Waals surface area contributed by atoms with Crippen molar-refractivity contribution < 1.29 is 5.11 Å². The molecule has 1 aromatic carbocycles. The summed E-state index contributed by atoms with van der Waals surface area (Å²) in [7, 11) is 0. The van der Waals surface area contributed by atoms with Gasteiger partial charge in [0.15, 0.2) is 0 Å². The highest BCUT2D eigenvalue weighted by atomic mass is 16.3. The largest absolute Gasteiger partial charge is 0.508 e. The maximum absolute atomic E-state index is 9.76. The summed E-state index contributed by atoms with van der Waals surface area (Å²) in [6.07, 6.45) is 4.32. The van der Waals surface area contributed by atoms with Crippen molar-refractivity contribution in [2.75, 3.05) is 19.6 Å². The number of phenolic OH excluding ortho intramolecular Hbond substituents is 1. The molecule has 19 heavy (non-hydrogen) atoms. The highest BCUT2D eigenvalue weighted by Gasteiger charge is 2.39. The Hall–Kier alpha value is -1.28. The molecule has 2 nitrogen and oxygen atoms in total. The molecule has 1 fully saturated rings. The number of hydrogen-bond donors (Lipinski definition) is 1. The van der Waals surface area contributed by atoms with E-state index in [1.54, 1.807) is 6.07 Å². The van der Waals surface area contributed by atoms with Crippen LogP contribution in [0.1, 0.15) is 32.3 Å². The van der Waals surface area contributed by atoms with Crippen LogP contribution in [0.15, 0.2) is 36.9 Å². The van der Waals surface area contributed by atoms with Crippen molar-refractivity contribution in [3.8, 4) is 5.75 Å². The summed E-state index contributed by atoms with van der Waals surface area (Å²) in [5.74, 6) is 1.04. The number of phenols is 1. The van der Waals surface area contributed by atoms with Gasteiger partial charge in [0.1, 0.15) is 5.75 Å². The number of likely N-dealkylation sites (tertiary alicyclic amines) is 1. The van der Waals surface area contributed by atoms with Crippen LogP contribution in [0.4, 0.5) is 0 Å². The van der Waals surface area contributed by atoms with Gasteiger partial charge in [-0.15, -0.1) is 6.58 Å². The van der Waals surface area contributed by atoms with E-state index < -0.39 is 0 Å². The van der Waals surface area contributed by atoms with Gasteiger partial charge in [-0.25, -0.2) is 0 Å². The van der Waals surface area contributed by atoms with Crippen molar-refractivity contribution in [2.45, 2.75) is 32.1 Å². The van der Waals surface area contributed by atoms with E-state index in [0.29, 0.717) is 11.7 Å². The normalized spacial score (nSPS) is 23.9. The van der Waals surface area contributed by atoms with E-state index in [-0.39, 0.29) is 5.41 Å². The van der Waals surface area contributed by atoms with Gasteiger partial charge in [0.2, 0.25) is 0 Å². The Labute approximate surface area is 116 Å². The Morgan fingerprint density at radius 2 is 2.26 bits per heavy atom. The van der Waals surface area contributed by atoms with Crippen LogP contribution in [0.3, 0.4) is 0 Å². The van der Waals surface area contributed by atoms with Gasteiger partial charge in [0.05, 0.1) is 0 Å². The number of benzene rings is 1. The molecule has 0 amide bonds. The van der Waals surface area contributed by atoms with Crippen molar-refractivity contribution in [2.24, 2.45) is 5.92 Å². The molecule has 0 radical (unpaired) electrons. The molecule has 0 saturated carbocycles. The minimum Gasteiger partial charge on any atom is -0.508 e. The monoisotopic (exact) mass is 259 g/mol. The van der Waals surface area contributed by atoms with Crippen LogP contribution in [-0.2, 0) is 5.41 Å². The Kier molecular flexibility index (Phi) is 4.31. The fraction of sp³-hybridized carbons (Fsp3) is 0.529. The molecule has 0 unspecified atom stereocenters. The first kappa shape index (κ1) is 14.1. The first-order chi connectivity index (χ1) is 9.05. The molecule has 1 heterocycles. The number of aromatic hydroxyl groups is 1. The smallest absolute Gasteiger partial charge is 0.115 e. The molecule has 1 atom stereocenters. The zero-order chi connectivity index (χ0) is 13.9. The van der Waals surface area contributed by atoms with E-state index in [0.717, 1.165) is 19.6 Å². The van der Waals surface area contributed by atoms with Gasteiger partial charge in [-0.1, -0.05) is 32.1 Å². The summed E-state index contributed by atoms with van der Waals surface area (Å²) in [5.41, 5.74) is 1.48. The van der Waals surface area contributed by atoms with Crippen LogP contribution >= 0.6 is 0 Å². The molecule has 2 rings (SSSR count). The van der Waals surface area contributed by atoms with Crippen molar-refractivity contribution in [3.63, 3.8) is 0 Å². The number of rotatable bonds is 5. The van der Waals surface area contributed by atoms with Crippen molar-refractivity contribution in [1.82, 2.24) is 4.90 Å². The predicted octanol–water partition coefficient (Wildman–Crippen LogP) is 3.57. The SMILES string of the molecule is C=CCN1CC[C@](CC(C)C)(c2cccc(O)c2)C1. The summed E-state index contributed by atoms with van der Waals surface area (Å²) in [6.45, 7) is 11.5. The third-order valence-electron chi connectivity index (χ3n) is 4.08. The molecule has 0 bridgehead atoms. The van der Waals surface area contributed by atoms with E-state index in [2.05, 4.69) is 31.4 Å². The molecule has 0 aromatic heterocycles. The van der Waals surface area contributed by atoms with Crippen LogP contribution in [0, 0.1) is 5.92 Å². The summed E-state index contributed by atoms with van der Waals surface area (Å²) in [4.78, 5) is 2.46. The average molecular weight is 259 g/mol. The zero-order valence-electron chi connectivity index (χ0n) is 12.1. The highest BCUT2D eigenvalue weighted by molar-refractivity contribution is 5.34. The van der Waals surface area contributed by atoms with Crippen molar-refractivity contribution >= 4 is 0 Å². The van der Waals surface area contributed by atoms with E-state index in [4.69, 9.17) is 0 Å². The molecule has 1 saturated heterocycles. The topological polar surface area (TPSA) is 23.5 Å². The second-order valence-electron chi connectivity index (χ2n) is 6.20. The molecular weight excluding hydrogens is 234 g/mol. The summed E-state index contributed by atoms with van der Waals surface area (Å²) in [6, 6.07) is 7.82. The Morgan fingerprint density at radius 1 is 1.47 bits per heavy atom. The minimum absolute atomic E-state index is 0.190. The molecule has 0 spiro atoms. The van der Waals surface area contributed by atoms with Gasteiger partial charge < -0.3 is 5.11 Å². The quantitative estimate of drug-likeness (QED) is 0.817. The average Bonchev–Trinajstić information content (AvgIpc) is 2.73. The maximum atomic E-state index is 9.76. The van der Waals surface area contributed by atoms with E-state index >= 15 is 0 Å². The Morgan fingerprint density at radius 3 is 2.89 bits per heavy atom. The third kappa shape index (κ3) is 3.19. The summed E-state index contributed by atoms with van der Waals surface area (Å²) < 4.78 is 0. The highest BCUT2D eigenvalue weighted by Crippen LogP contribution is 2.40. The standard InChI is InChI=1S/C17H25NO/c1-4-9-18-10-8-17(13-18,12-14(2)3)15-6-5-7-16(19)11-15/h4-7,11,14,19H,1,8-10,12-13H2,2-3H3/t17-/m1/s1. The fourth-order valence-corrected chi connectivity index (χ4v) is 3.43. The Bertz CT molecular complexity index is 441.